The lowest BCUT2D eigenvalue weighted by atomic mass is 10.1. The molecule has 0 aliphatic carbocycles. The third-order valence-electron chi connectivity index (χ3n) is 1.55. The van der Waals surface area contributed by atoms with Gasteiger partial charge in [0.1, 0.15) is 0 Å². The lowest BCUT2D eigenvalue weighted by molar-refractivity contribution is -0.121. The second kappa shape index (κ2) is 3.19. The summed E-state index contributed by atoms with van der Waals surface area (Å²) in [5.41, 5.74) is 1.66. The number of carbonyl (C=O) groups is 1. The fourth-order valence-electron chi connectivity index (χ4n) is 0.699. The van der Waals surface area contributed by atoms with Crippen molar-refractivity contribution in [3.05, 3.63) is 0 Å². The molecule has 0 aromatic rings. The molecular weight excluding hydrogens is 164 g/mol. The molecule has 0 unspecified atom stereocenters. The van der Waals surface area contributed by atoms with E-state index in [1.54, 1.807) is 0 Å². The first-order valence-corrected chi connectivity index (χ1v) is 3.90. The number of nitrogens with two attached hydrogens (primary N) is 1. The van der Waals surface area contributed by atoms with Crippen molar-refractivity contribution in [3.63, 3.8) is 0 Å². The number of carbonyl (C=O) groups excluding carboxylic acids is 1. The molecule has 0 saturated carbocycles. The number of hydrogen-bond donors (Lipinski definition) is 3. The van der Waals surface area contributed by atoms with Crippen LogP contribution in [0.5, 0.6) is 0 Å². The molecule has 1 rings (SSSR count). The van der Waals surface area contributed by atoms with E-state index >= 15 is 0 Å². The highest BCUT2D eigenvalue weighted by Gasteiger charge is 2.38. The van der Waals surface area contributed by atoms with Gasteiger partial charge in [-0.25, -0.2) is 5.84 Å². The maximum absolute atomic E-state index is 10.7. The minimum Gasteiger partial charge on any atom is -0.294 e. The van der Waals surface area contributed by atoms with E-state index in [1.165, 1.54) is 0 Å². The number of amides is 1. The molecule has 11 heavy (non-hydrogen) atoms. The van der Waals surface area contributed by atoms with E-state index in [0.717, 1.165) is 0 Å². The molecule has 0 atom stereocenters. The molecule has 0 aromatic heterocycles. The van der Waals surface area contributed by atoms with Gasteiger partial charge in [-0.2, -0.15) is 22.9 Å². The smallest absolute Gasteiger partial charge is 0.234 e. The van der Waals surface area contributed by atoms with Crippen molar-refractivity contribution >= 4 is 18.5 Å². The van der Waals surface area contributed by atoms with Gasteiger partial charge in [-0.3, -0.25) is 10.2 Å². The molecule has 0 spiro atoms. The highest BCUT2D eigenvalue weighted by atomic mass is 32.1. The standard InChI is InChI=1S/C5H10N4OS/c6-7-4(10)1-2-5(3-11)8-9-5/h11H,1-3,6H2,(H,7,10). The Hall–Kier alpha value is -0.620. The van der Waals surface area contributed by atoms with E-state index in [1.807, 2.05) is 5.43 Å². The Morgan fingerprint density at radius 2 is 2.27 bits per heavy atom. The van der Waals surface area contributed by atoms with E-state index in [9.17, 15) is 4.79 Å². The lowest BCUT2D eigenvalue weighted by Gasteiger charge is -2.04. The molecule has 1 heterocycles. The normalized spacial score (nSPS) is 18.0. The van der Waals surface area contributed by atoms with Crippen molar-refractivity contribution < 1.29 is 4.79 Å². The summed E-state index contributed by atoms with van der Waals surface area (Å²) in [6, 6.07) is 0. The molecular formula is C5H10N4OS. The molecule has 0 bridgehead atoms. The zero-order chi connectivity index (χ0) is 8.32. The van der Waals surface area contributed by atoms with Crippen LogP contribution in [0, 0.1) is 0 Å². The molecule has 6 heteroatoms. The molecule has 0 saturated heterocycles. The second-order valence-electron chi connectivity index (χ2n) is 2.41. The Bertz CT molecular complexity index is 187. The second-order valence-corrected chi connectivity index (χ2v) is 2.72. The van der Waals surface area contributed by atoms with Crippen LogP contribution >= 0.6 is 12.6 Å². The van der Waals surface area contributed by atoms with Gasteiger partial charge in [-0.15, -0.1) is 0 Å². The van der Waals surface area contributed by atoms with Gasteiger partial charge in [-0.1, -0.05) is 0 Å². The van der Waals surface area contributed by atoms with Gasteiger partial charge in [0.25, 0.3) is 0 Å². The molecule has 0 fully saturated rings. The maximum Gasteiger partial charge on any atom is 0.234 e. The Kier molecular flexibility index (Phi) is 2.45. The highest BCUT2D eigenvalue weighted by molar-refractivity contribution is 7.80. The summed E-state index contributed by atoms with van der Waals surface area (Å²) in [6.07, 6.45) is 0.948. The van der Waals surface area contributed by atoms with Gasteiger partial charge in [0.2, 0.25) is 5.91 Å². The number of rotatable bonds is 4. The summed E-state index contributed by atoms with van der Waals surface area (Å²) < 4.78 is 0. The van der Waals surface area contributed by atoms with E-state index in [-0.39, 0.29) is 11.6 Å². The molecule has 5 nitrogen and oxygen atoms in total. The van der Waals surface area contributed by atoms with Crippen molar-refractivity contribution in [2.45, 2.75) is 18.5 Å². The van der Waals surface area contributed by atoms with Crippen LogP contribution < -0.4 is 11.3 Å². The number of nitrogens with one attached hydrogen (secondary N) is 1. The van der Waals surface area contributed by atoms with Gasteiger partial charge >= 0.3 is 0 Å². The summed E-state index contributed by atoms with van der Waals surface area (Å²) in [4.78, 5) is 10.7. The van der Waals surface area contributed by atoms with E-state index in [2.05, 4.69) is 22.9 Å². The van der Waals surface area contributed by atoms with Crippen LogP contribution in [0.2, 0.25) is 0 Å². The van der Waals surface area contributed by atoms with Crippen molar-refractivity contribution in [3.8, 4) is 0 Å². The Balaban J connectivity index is 2.17. The fraction of sp³-hybridized carbons (Fsp3) is 0.800. The predicted octanol–water partition coefficient (Wildman–Crippen LogP) is -0.152. The molecule has 1 aliphatic rings. The molecule has 1 amide bonds. The minimum atomic E-state index is -0.379. The van der Waals surface area contributed by atoms with Crippen molar-refractivity contribution in [1.29, 1.82) is 0 Å². The molecule has 62 valence electrons. The van der Waals surface area contributed by atoms with Crippen LogP contribution in [-0.2, 0) is 4.79 Å². The third kappa shape index (κ3) is 2.16. The third-order valence-corrected chi connectivity index (χ3v) is 2.06. The van der Waals surface area contributed by atoms with Gasteiger partial charge in [-0.05, 0) is 0 Å². The Morgan fingerprint density at radius 3 is 2.64 bits per heavy atom. The number of hydrogen-bond acceptors (Lipinski definition) is 5. The summed E-state index contributed by atoms with van der Waals surface area (Å²) in [7, 11) is 0. The van der Waals surface area contributed by atoms with Crippen LogP contribution in [0.3, 0.4) is 0 Å². The minimum absolute atomic E-state index is 0.191. The van der Waals surface area contributed by atoms with Crippen LogP contribution in [0.25, 0.3) is 0 Å². The molecule has 1 aliphatic heterocycles. The molecule has 0 aromatic carbocycles. The monoisotopic (exact) mass is 174 g/mol. The summed E-state index contributed by atoms with van der Waals surface area (Å²) in [5, 5.41) is 7.57. The Labute approximate surface area is 69.8 Å². The quantitative estimate of drug-likeness (QED) is 0.240. The van der Waals surface area contributed by atoms with Crippen LogP contribution in [0.1, 0.15) is 12.8 Å². The molecule has 0 radical (unpaired) electrons. The topological polar surface area (TPSA) is 79.8 Å². The average Bonchev–Trinajstić information content (AvgIpc) is 2.81. The summed E-state index contributed by atoms with van der Waals surface area (Å²) in [6.45, 7) is 0. The van der Waals surface area contributed by atoms with Crippen LogP contribution in [0.15, 0.2) is 10.2 Å². The molecule has 3 N–H and O–H groups in total. The van der Waals surface area contributed by atoms with Gasteiger partial charge in [0, 0.05) is 18.6 Å². The fourth-order valence-corrected chi connectivity index (χ4v) is 0.984. The highest BCUT2D eigenvalue weighted by Crippen LogP contribution is 2.33. The lowest BCUT2D eigenvalue weighted by Crippen LogP contribution is -2.31. The van der Waals surface area contributed by atoms with Gasteiger partial charge in [0.05, 0.1) is 0 Å². The SMILES string of the molecule is NNC(=O)CCC1(CS)N=N1. The van der Waals surface area contributed by atoms with Crippen LogP contribution in [0.4, 0.5) is 0 Å². The number of nitrogens with zero attached hydrogens (tertiary/aromatic N) is 2. The largest absolute Gasteiger partial charge is 0.294 e. The predicted molar refractivity (Wildman–Crippen MR) is 43.0 cm³/mol. The summed E-state index contributed by atoms with van der Waals surface area (Å²) >= 11 is 4.04. The number of thiol groups is 1. The average molecular weight is 174 g/mol. The maximum atomic E-state index is 10.7. The number of hydrazine groups is 1. The zero-order valence-electron chi connectivity index (χ0n) is 5.95. The van der Waals surface area contributed by atoms with Crippen molar-refractivity contribution in [2.75, 3.05) is 5.75 Å². The zero-order valence-corrected chi connectivity index (χ0v) is 6.84. The van der Waals surface area contributed by atoms with E-state index in [0.29, 0.717) is 18.6 Å². The van der Waals surface area contributed by atoms with E-state index < -0.39 is 0 Å². The first-order chi connectivity index (χ1) is 5.22. The first kappa shape index (κ1) is 8.48. The Morgan fingerprint density at radius 1 is 1.64 bits per heavy atom. The van der Waals surface area contributed by atoms with Crippen LogP contribution in [-0.4, -0.2) is 17.3 Å². The van der Waals surface area contributed by atoms with E-state index in [4.69, 9.17) is 5.84 Å². The van der Waals surface area contributed by atoms with Gasteiger partial charge in [0.15, 0.2) is 5.66 Å². The summed E-state index contributed by atoms with van der Waals surface area (Å²) in [5.74, 6) is 5.25. The van der Waals surface area contributed by atoms with Gasteiger partial charge < -0.3 is 0 Å². The van der Waals surface area contributed by atoms with Crippen molar-refractivity contribution in [2.24, 2.45) is 16.1 Å². The van der Waals surface area contributed by atoms with Crippen molar-refractivity contribution in [1.82, 2.24) is 5.43 Å². The first-order valence-electron chi connectivity index (χ1n) is 3.27.